The molecule has 1 N–H and O–H groups in total. The van der Waals surface area contributed by atoms with E-state index in [1.165, 1.54) is 0 Å². The quantitative estimate of drug-likeness (QED) is 0.520. The maximum atomic E-state index is 13.3. The molecular formula is C27H28N2O5. The highest BCUT2D eigenvalue weighted by Crippen LogP contribution is 2.37. The summed E-state index contributed by atoms with van der Waals surface area (Å²) in [5.41, 5.74) is 3.30. The van der Waals surface area contributed by atoms with Crippen LogP contribution in [0.25, 0.3) is 0 Å². The zero-order valence-electron chi connectivity index (χ0n) is 19.5. The summed E-state index contributed by atoms with van der Waals surface area (Å²) in [5.74, 6) is 1.58. The molecule has 1 aliphatic rings. The highest BCUT2D eigenvalue weighted by atomic mass is 16.5. The van der Waals surface area contributed by atoms with Gasteiger partial charge in [0.15, 0.2) is 11.5 Å². The second kappa shape index (κ2) is 10.3. The first kappa shape index (κ1) is 23.2. The van der Waals surface area contributed by atoms with Crippen molar-refractivity contribution in [2.75, 3.05) is 21.3 Å². The molecule has 0 unspecified atom stereocenters. The van der Waals surface area contributed by atoms with Gasteiger partial charge in [-0.15, -0.1) is 0 Å². The number of hydrogen-bond donors (Lipinski definition) is 1. The number of fused-ring (bicyclic) bond motifs is 1. The number of hydrogen-bond acceptors (Lipinski definition) is 5. The first-order valence-electron chi connectivity index (χ1n) is 11.0. The van der Waals surface area contributed by atoms with E-state index in [9.17, 15) is 9.59 Å². The minimum atomic E-state index is -0.475. The van der Waals surface area contributed by atoms with E-state index in [-0.39, 0.29) is 18.2 Å². The fourth-order valence-electron chi connectivity index (χ4n) is 4.29. The minimum Gasteiger partial charge on any atom is -0.496 e. The molecule has 1 atom stereocenters. The van der Waals surface area contributed by atoms with Gasteiger partial charge in [-0.2, -0.15) is 0 Å². The highest BCUT2D eigenvalue weighted by molar-refractivity contribution is 5.98. The van der Waals surface area contributed by atoms with Gasteiger partial charge in [0.1, 0.15) is 5.75 Å². The number of carbonyl (C=O) groups excluding carboxylic acids is 2. The molecule has 3 aromatic rings. The van der Waals surface area contributed by atoms with Crippen LogP contribution in [0.1, 0.15) is 39.5 Å². The molecule has 0 bridgehead atoms. The van der Waals surface area contributed by atoms with Gasteiger partial charge in [0.2, 0.25) is 5.91 Å². The highest BCUT2D eigenvalue weighted by Gasteiger charge is 2.34. The second-order valence-corrected chi connectivity index (χ2v) is 8.01. The van der Waals surface area contributed by atoms with Crippen LogP contribution < -0.4 is 19.5 Å². The standard InChI is InChI=1S/C27H28N2O5/c1-32-23-11-7-5-8-19(23)16-28-26(30)15-22(18-12-13-24(33-2)25(14-18)34-3)29-17-20-9-4-6-10-21(20)27(29)31/h4-14,22H,15-17H2,1-3H3,(H,28,30)/t22-/m1/s1. The number of nitrogens with zero attached hydrogens (tertiary/aromatic N) is 1. The Morgan fingerprint density at radius 1 is 0.912 bits per heavy atom. The van der Waals surface area contributed by atoms with E-state index in [1.54, 1.807) is 32.3 Å². The molecule has 3 aromatic carbocycles. The van der Waals surface area contributed by atoms with E-state index in [4.69, 9.17) is 14.2 Å². The number of methoxy groups -OCH3 is 3. The Hall–Kier alpha value is -4.00. The van der Waals surface area contributed by atoms with Gasteiger partial charge in [0, 0.05) is 24.2 Å². The van der Waals surface area contributed by atoms with E-state index in [0.29, 0.717) is 35.9 Å². The number of ether oxygens (including phenoxy) is 3. The predicted molar refractivity (Wildman–Crippen MR) is 128 cm³/mol. The van der Waals surface area contributed by atoms with Crippen molar-refractivity contribution in [1.82, 2.24) is 10.2 Å². The zero-order valence-corrected chi connectivity index (χ0v) is 19.5. The van der Waals surface area contributed by atoms with E-state index in [2.05, 4.69) is 5.32 Å². The van der Waals surface area contributed by atoms with Crippen molar-refractivity contribution in [2.24, 2.45) is 0 Å². The summed E-state index contributed by atoms with van der Waals surface area (Å²) < 4.78 is 16.2. The number of rotatable bonds is 9. The molecule has 0 radical (unpaired) electrons. The van der Waals surface area contributed by atoms with Crippen molar-refractivity contribution in [2.45, 2.75) is 25.6 Å². The van der Waals surface area contributed by atoms with Crippen LogP contribution in [0.3, 0.4) is 0 Å². The summed E-state index contributed by atoms with van der Waals surface area (Å²) in [4.78, 5) is 28.1. The predicted octanol–water partition coefficient (Wildman–Crippen LogP) is 4.12. The Morgan fingerprint density at radius 3 is 2.35 bits per heavy atom. The number of nitrogens with one attached hydrogen (secondary N) is 1. The largest absolute Gasteiger partial charge is 0.496 e. The Bertz CT molecular complexity index is 1190. The fourth-order valence-corrected chi connectivity index (χ4v) is 4.29. The first-order chi connectivity index (χ1) is 16.5. The first-order valence-corrected chi connectivity index (χ1v) is 11.0. The van der Waals surface area contributed by atoms with Gasteiger partial charge < -0.3 is 24.4 Å². The van der Waals surface area contributed by atoms with E-state index < -0.39 is 6.04 Å². The monoisotopic (exact) mass is 460 g/mol. The van der Waals surface area contributed by atoms with Gasteiger partial charge in [-0.05, 0) is 35.4 Å². The van der Waals surface area contributed by atoms with Crippen molar-refractivity contribution in [3.8, 4) is 17.2 Å². The number of carbonyl (C=O) groups is 2. The lowest BCUT2D eigenvalue weighted by molar-refractivity contribution is -0.122. The van der Waals surface area contributed by atoms with Crippen molar-refractivity contribution in [3.63, 3.8) is 0 Å². The van der Waals surface area contributed by atoms with Crippen LogP contribution in [0.4, 0.5) is 0 Å². The summed E-state index contributed by atoms with van der Waals surface area (Å²) in [6.45, 7) is 0.767. The van der Waals surface area contributed by atoms with Crippen LogP contribution in [0.15, 0.2) is 66.7 Å². The molecule has 176 valence electrons. The Kier molecular flexibility index (Phi) is 7.01. The van der Waals surface area contributed by atoms with Crippen LogP contribution in [-0.2, 0) is 17.9 Å². The summed E-state index contributed by atoms with van der Waals surface area (Å²) in [5, 5.41) is 2.97. The Labute approximate surface area is 199 Å². The molecule has 34 heavy (non-hydrogen) atoms. The molecule has 0 fully saturated rings. The summed E-state index contributed by atoms with van der Waals surface area (Å²) in [6.07, 6.45) is 0.102. The topological polar surface area (TPSA) is 77.1 Å². The van der Waals surface area contributed by atoms with Gasteiger partial charge in [-0.25, -0.2) is 0 Å². The lowest BCUT2D eigenvalue weighted by atomic mass is 10.0. The Balaban J connectivity index is 1.59. The van der Waals surface area contributed by atoms with E-state index in [1.807, 2.05) is 60.7 Å². The lowest BCUT2D eigenvalue weighted by Gasteiger charge is -2.28. The third-order valence-electron chi connectivity index (χ3n) is 6.07. The third kappa shape index (κ3) is 4.69. The maximum Gasteiger partial charge on any atom is 0.255 e. The number of amides is 2. The SMILES string of the molecule is COc1ccccc1CNC(=O)C[C@H](c1ccc(OC)c(OC)c1)N1Cc2ccccc2C1=O. The normalized spacial score (nSPS) is 13.3. The van der Waals surface area contributed by atoms with Crippen LogP contribution >= 0.6 is 0 Å². The molecule has 0 saturated carbocycles. The number of para-hydroxylation sites is 1. The van der Waals surface area contributed by atoms with Crippen LogP contribution in [0, 0.1) is 0 Å². The molecule has 0 spiro atoms. The van der Waals surface area contributed by atoms with Crippen molar-refractivity contribution < 1.29 is 23.8 Å². The average Bonchev–Trinajstić information content (AvgIpc) is 3.21. The van der Waals surface area contributed by atoms with Crippen molar-refractivity contribution >= 4 is 11.8 Å². The molecule has 7 nitrogen and oxygen atoms in total. The van der Waals surface area contributed by atoms with E-state index in [0.717, 1.165) is 16.7 Å². The second-order valence-electron chi connectivity index (χ2n) is 8.01. The summed E-state index contributed by atoms with van der Waals surface area (Å²) in [6, 6.07) is 20.1. The lowest BCUT2D eigenvalue weighted by Crippen LogP contribution is -2.34. The molecule has 0 aromatic heterocycles. The van der Waals surface area contributed by atoms with Gasteiger partial charge >= 0.3 is 0 Å². The molecule has 1 heterocycles. The third-order valence-corrected chi connectivity index (χ3v) is 6.07. The number of benzene rings is 3. The van der Waals surface area contributed by atoms with E-state index >= 15 is 0 Å². The van der Waals surface area contributed by atoms with Gasteiger partial charge in [0.25, 0.3) is 5.91 Å². The van der Waals surface area contributed by atoms with Crippen molar-refractivity contribution in [1.29, 1.82) is 0 Å². The van der Waals surface area contributed by atoms with Gasteiger partial charge in [-0.3, -0.25) is 9.59 Å². The fraction of sp³-hybridized carbons (Fsp3) is 0.259. The smallest absolute Gasteiger partial charge is 0.255 e. The van der Waals surface area contributed by atoms with Crippen LogP contribution in [-0.4, -0.2) is 38.0 Å². The van der Waals surface area contributed by atoms with Crippen LogP contribution in [0.2, 0.25) is 0 Å². The molecule has 0 saturated heterocycles. The molecule has 1 aliphatic heterocycles. The molecular weight excluding hydrogens is 432 g/mol. The molecule has 4 rings (SSSR count). The minimum absolute atomic E-state index is 0.0899. The van der Waals surface area contributed by atoms with Gasteiger partial charge in [0.05, 0.1) is 33.8 Å². The van der Waals surface area contributed by atoms with Gasteiger partial charge in [-0.1, -0.05) is 42.5 Å². The zero-order chi connectivity index (χ0) is 24.1. The molecule has 7 heteroatoms. The summed E-state index contributed by atoms with van der Waals surface area (Å²) in [7, 11) is 4.73. The molecule has 0 aliphatic carbocycles. The summed E-state index contributed by atoms with van der Waals surface area (Å²) >= 11 is 0. The van der Waals surface area contributed by atoms with Crippen molar-refractivity contribution in [3.05, 3.63) is 89.0 Å². The molecule has 2 amide bonds. The Morgan fingerprint density at radius 2 is 1.62 bits per heavy atom. The van der Waals surface area contributed by atoms with Crippen LogP contribution in [0.5, 0.6) is 17.2 Å². The maximum absolute atomic E-state index is 13.3. The average molecular weight is 461 g/mol.